The predicted octanol–water partition coefficient (Wildman–Crippen LogP) is 0.421. The Hall–Kier alpha value is -0.890. The number of carbonyl (C=O) groups excluding carboxylic acids is 1. The molecule has 0 saturated carbocycles. The van der Waals surface area contributed by atoms with E-state index in [0.717, 1.165) is 0 Å². The molecule has 0 heterocycles. The topological polar surface area (TPSA) is 70.0 Å². The van der Waals surface area contributed by atoms with Crippen LogP contribution < -0.4 is 5.32 Å². The van der Waals surface area contributed by atoms with E-state index in [9.17, 15) is 9.00 Å². The fraction of sp³-hybridized carbons (Fsp3) is 0.778. The largest absolute Gasteiger partial charge is 0.354 e. The Labute approximate surface area is 87.1 Å². The molecule has 0 saturated heterocycles. The van der Waals surface area contributed by atoms with Gasteiger partial charge in [0.15, 0.2) is 0 Å². The lowest BCUT2D eigenvalue weighted by molar-refractivity contribution is -0.127. The van der Waals surface area contributed by atoms with E-state index >= 15 is 0 Å². The van der Waals surface area contributed by atoms with Gasteiger partial charge in [0.05, 0.1) is 6.07 Å². The smallest absolute Gasteiger partial charge is 0.240 e. The number of carbonyl (C=O) groups is 1. The summed E-state index contributed by atoms with van der Waals surface area (Å²) in [5.74, 6) is 0.143. The molecule has 0 aromatic heterocycles. The Balaban J connectivity index is 4.09. The van der Waals surface area contributed by atoms with Crippen LogP contribution in [0.2, 0.25) is 0 Å². The van der Waals surface area contributed by atoms with Gasteiger partial charge in [-0.05, 0) is 13.3 Å². The molecule has 0 aromatic rings. The number of nitrogens with zero attached hydrogens (tertiary/aromatic N) is 1. The molecule has 0 aliphatic rings. The van der Waals surface area contributed by atoms with E-state index in [1.807, 2.05) is 6.07 Å². The summed E-state index contributed by atoms with van der Waals surface area (Å²) >= 11 is 0. The predicted molar refractivity (Wildman–Crippen MR) is 56.0 cm³/mol. The molecular weight excluding hydrogens is 200 g/mol. The minimum atomic E-state index is -0.963. The molecule has 0 aliphatic heterocycles. The summed E-state index contributed by atoms with van der Waals surface area (Å²) in [5, 5.41) is 11.4. The van der Waals surface area contributed by atoms with Crippen molar-refractivity contribution in [1.29, 1.82) is 5.26 Å². The Bertz CT molecular complexity index is 272. The maximum absolute atomic E-state index is 11.5. The van der Waals surface area contributed by atoms with Crippen molar-refractivity contribution in [2.24, 2.45) is 5.41 Å². The number of nitriles is 1. The number of amides is 1. The molecule has 14 heavy (non-hydrogen) atoms. The Morgan fingerprint density at radius 3 is 2.57 bits per heavy atom. The van der Waals surface area contributed by atoms with E-state index < -0.39 is 16.2 Å². The fourth-order valence-corrected chi connectivity index (χ4v) is 1.18. The monoisotopic (exact) mass is 216 g/mol. The van der Waals surface area contributed by atoms with Gasteiger partial charge in [0, 0.05) is 29.4 Å². The van der Waals surface area contributed by atoms with Crippen molar-refractivity contribution in [2.45, 2.75) is 20.3 Å². The summed E-state index contributed by atoms with van der Waals surface area (Å²) in [5.41, 5.74) is -0.963. The molecule has 2 atom stereocenters. The van der Waals surface area contributed by atoms with Gasteiger partial charge < -0.3 is 5.32 Å². The fourth-order valence-electron chi connectivity index (χ4n) is 0.794. The van der Waals surface area contributed by atoms with Gasteiger partial charge in [0.25, 0.3) is 0 Å². The van der Waals surface area contributed by atoms with Crippen molar-refractivity contribution in [3.63, 3.8) is 0 Å². The number of nitrogens with one attached hydrogen (secondary N) is 1. The van der Waals surface area contributed by atoms with Gasteiger partial charge in [-0.3, -0.25) is 9.00 Å². The first kappa shape index (κ1) is 13.1. The van der Waals surface area contributed by atoms with Gasteiger partial charge in [0.2, 0.25) is 5.91 Å². The van der Waals surface area contributed by atoms with Crippen LogP contribution in [0.5, 0.6) is 0 Å². The van der Waals surface area contributed by atoms with Crippen LogP contribution in [-0.2, 0) is 15.6 Å². The summed E-state index contributed by atoms with van der Waals surface area (Å²) in [4.78, 5) is 11.5. The van der Waals surface area contributed by atoms with Crippen LogP contribution in [0.3, 0.4) is 0 Å². The zero-order valence-electron chi connectivity index (χ0n) is 8.79. The van der Waals surface area contributed by atoms with Crippen molar-refractivity contribution >= 4 is 16.7 Å². The SMILES string of the molecule is CCC(C)(C#N)C(=O)NCCS(C)=O. The summed E-state index contributed by atoms with van der Waals surface area (Å²) in [7, 11) is -0.910. The van der Waals surface area contributed by atoms with Gasteiger partial charge in [-0.15, -0.1) is 0 Å². The molecule has 1 N–H and O–H groups in total. The molecule has 1 amide bonds. The minimum Gasteiger partial charge on any atom is -0.354 e. The Kier molecular flexibility index (Phi) is 5.39. The lowest BCUT2D eigenvalue weighted by Crippen LogP contribution is -2.39. The second-order valence-corrected chi connectivity index (χ2v) is 4.89. The van der Waals surface area contributed by atoms with E-state index in [1.165, 1.54) is 0 Å². The number of rotatable bonds is 5. The van der Waals surface area contributed by atoms with E-state index in [1.54, 1.807) is 20.1 Å². The molecule has 2 unspecified atom stereocenters. The van der Waals surface area contributed by atoms with Gasteiger partial charge in [0.1, 0.15) is 5.41 Å². The van der Waals surface area contributed by atoms with Crippen molar-refractivity contribution in [2.75, 3.05) is 18.6 Å². The molecule has 0 rings (SSSR count). The van der Waals surface area contributed by atoms with Crippen LogP contribution in [0.25, 0.3) is 0 Å². The van der Waals surface area contributed by atoms with E-state index in [4.69, 9.17) is 5.26 Å². The van der Waals surface area contributed by atoms with Crippen LogP contribution in [0.15, 0.2) is 0 Å². The standard InChI is InChI=1S/C9H16N2O2S/c1-4-9(2,7-10)8(12)11-5-6-14(3)13/h4-6H2,1-3H3,(H,11,12). The highest BCUT2D eigenvalue weighted by atomic mass is 32.2. The molecule has 0 bridgehead atoms. The maximum Gasteiger partial charge on any atom is 0.240 e. The summed E-state index contributed by atoms with van der Waals surface area (Å²) in [6.07, 6.45) is 2.06. The first-order valence-corrected chi connectivity index (χ1v) is 6.18. The van der Waals surface area contributed by atoms with E-state index in [0.29, 0.717) is 18.7 Å². The number of hydrogen-bond acceptors (Lipinski definition) is 3. The van der Waals surface area contributed by atoms with Crippen molar-refractivity contribution < 1.29 is 9.00 Å². The zero-order valence-corrected chi connectivity index (χ0v) is 9.61. The zero-order chi connectivity index (χ0) is 11.2. The molecule has 5 heteroatoms. The van der Waals surface area contributed by atoms with E-state index in [-0.39, 0.29) is 5.91 Å². The van der Waals surface area contributed by atoms with Gasteiger partial charge in [-0.25, -0.2) is 0 Å². The molecule has 80 valence electrons. The second-order valence-electron chi connectivity index (χ2n) is 3.33. The van der Waals surface area contributed by atoms with Crippen molar-refractivity contribution in [3.8, 4) is 6.07 Å². The first-order chi connectivity index (χ1) is 6.46. The van der Waals surface area contributed by atoms with Crippen LogP contribution in [0, 0.1) is 16.7 Å². The molecule has 0 radical (unpaired) electrons. The third-order valence-electron chi connectivity index (χ3n) is 2.13. The quantitative estimate of drug-likeness (QED) is 0.724. The molecule has 0 aromatic carbocycles. The second kappa shape index (κ2) is 5.76. The van der Waals surface area contributed by atoms with Crippen LogP contribution in [0.4, 0.5) is 0 Å². The molecule has 0 aliphatic carbocycles. The maximum atomic E-state index is 11.5. The van der Waals surface area contributed by atoms with Crippen LogP contribution >= 0.6 is 0 Å². The molecule has 4 nitrogen and oxygen atoms in total. The lowest BCUT2D eigenvalue weighted by Gasteiger charge is -2.18. The molecular formula is C9H16N2O2S. The highest BCUT2D eigenvalue weighted by Crippen LogP contribution is 2.19. The summed E-state index contributed by atoms with van der Waals surface area (Å²) in [6.45, 7) is 3.76. The van der Waals surface area contributed by atoms with E-state index in [2.05, 4.69) is 5.32 Å². The lowest BCUT2D eigenvalue weighted by atomic mass is 9.88. The van der Waals surface area contributed by atoms with Crippen molar-refractivity contribution in [1.82, 2.24) is 5.32 Å². The average Bonchev–Trinajstić information content (AvgIpc) is 2.15. The van der Waals surface area contributed by atoms with Crippen LogP contribution in [0.1, 0.15) is 20.3 Å². The molecule has 0 spiro atoms. The third kappa shape index (κ3) is 3.88. The van der Waals surface area contributed by atoms with Crippen LogP contribution in [-0.4, -0.2) is 28.7 Å². The van der Waals surface area contributed by atoms with Gasteiger partial charge in [-0.1, -0.05) is 6.92 Å². The Morgan fingerprint density at radius 2 is 2.21 bits per heavy atom. The summed E-state index contributed by atoms with van der Waals surface area (Å²) < 4.78 is 10.7. The molecule has 0 fully saturated rings. The first-order valence-electron chi connectivity index (χ1n) is 4.46. The minimum absolute atomic E-state index is 0.284. The van der Waals surface area contributed by atoms with Gasteiger partial charge >= 0.3 is 0 Å². The third-order valence-corrected chi connectivity index (χ3v) is 2.91. The normalized spacial score (nSPS) is 16.4. The highest BCUT2D eigenvalue weighted by molar-refractivity contribution is 7.84. The highest BCUT2D eigenvalue weighted by Gasteiger charge is 2.30. The summed E-state index contributed by atoms with van der Waals surface area (Å²) in [6, 6.07) is 1.98. The average molecular weight is 216 g/mol. The van der Waals surface area contributed by atoms with Crippen molar-refractivity contribution in [3.05, 3.63) is 0 Å². The van der Waals surface area contributed by atoms with Gasteiger partial charge in [-0.2, -0.15) is 5.26 Å². The Morgan fingerprint density at radius 1 is 1.64 bits per heavy atom. The number of hydrogen-bond donors (Lipinski definition) is 1.